The van der Waals surface area contributed by atoms with E-state index in [1.165, 1.54) is 19.3 Å². The number of hydrogen-bond acceptors (Lipinski definition) is 7. The van der Waals surface area contributed by atoms with Gasteiger partial charge in [0.05, 0.1) is 0 Å². The van der Waals surface area contributed by atoms with Crippen molar-refractivity contribution in [3.05, 3.63) is 35.1 Å². The smallest absolute Gasteiger partial charge is 0.238 e. The molecule has 0 radical (unpaired) electrons. The fourth-order valence-corrected chi connectivity index (χ4v) is 2.86. The van der Waals surface area contributed by atoms with Crippen molar-refractivity contribution < 1.29 is 0 Å². The van der Waals surface area contributed by atoms with Gasteiger partial charge in [0.25, 0.3) is 0 Å². The summed E-state index contributed by atoms with van der Waals surface area (Å²) in [6.07, 6.45) is 3.85. The van der Waals surface area contributed by atoms with Gasteiger partial charge in [-0.2, -0.15) is 20.2 Å². The van der Waals surface area contributed by atoms with Gasteiger partial charge in [-0.15, -0.1) is 0 Å². The van der Waals surface area contributed by atoms with Crippen molar-refractivity contribution in [2.45, 2.75) is 19.3 Å². The topological polar surface area (TPSA) is 89.8 Å². The van der Waals surface area contributed by atoms with Gasteiger partial charge in [0.1, 0.15) is 6.07 Å². The third-order valence-corrected chi connectivity index (χ3v) is 4.25. The van der Waals surface area contributed by atoms with Gasteiger partial charge >= 0.3 is 0 Å². The largest absolute Gasteiger partial charge is 0.353 e. The first kappa shape index (κ1) is 17.4. The van der Waals surface area contributed by atoms with Crippen molar-refractivity contribution >= 4 is 29.2 Å². The van der Waals surface area contributed by atoms with Gasteiger partial charge in [0, 0.05) is 23.8 Å². The maximum absolute atomic E-state index is 9.13. The minimum absolute atomic E-state index is 0.0759. The maximum atomic E-state index is 9.13. The lowest BCUT2D eigenvalue weighted by atomic mass is 10.1. The Labute approximate surface area is 152 Å². The first-order chi connectivity index (χ1) is 12.2. The average molecular weight is 358 g/mol. The van der Waals surface area contributed by atoms with Crippen LogP contribution in [0.4, 0.5) is 17.6 Å². The molecule has 25 heavy (non-hydrogen) atoms. The lowest BCUT2D eigenvalue weighted by Gasteiger charge is -2.26. The van der Waals surface area contributed by atoms with Crippen molar-refractivity contribution in [3.63, 3.8) is 0 Å². The van der Waals surface area contributed by atoms with E-state index in [9.17, 15) is 0 Å². The molecule has 130 valence electrons. The quantitative estimate of drug-likeness (QED) is 0.821. The second kappa shape index (κ2) is 8.60. The fourth-order valence-electron chi connectivity index (χ4n) is 2.73. The van der Waals surface area contributed by atoms with Crippen LogP contribution in [0.5, 0.6) is 0 Å². The van der Waals surface area contributed by atoms with E-state index in [-0.39, 0.29) is 5.82 Å². The first-order valence-electron chi connectivity index (χ1n) is 8.38. The standard InChI is InChI=1S/C17H20ClN7/c18-13-4-6-14(7-5-13)21-17-23-15(12-19)22-16(24-17)20-8-11-25-9-2-1-3-10-25/h4-7H,1-3,8-11H2,(H2,20,21,22,23,24). The van der Waals surface area contributed by atoms with E-state index in [0.717, 1.165) is 31.9 Å². The molecule has 2 aromatic rings. The number of anilines is 3. The normalized spacial score (nSPS) is 14.7. The van der Waals surface area contributed by atoms with E-state index in [4.69, 9.17) is 16.9 Å². The molecule has 2 heterocycles. The predicted octanol–water partition coefficient (Wildman–Crippen LogP) is 3.04. The summed E-state index contributed by atoms with van der Waals surface area (Å²) in [5, 5.41) is 16.0. The molecule has 1 aliphatic heterocycles. The van der Waals surface area contributed by atoms with Crippen LogP contribution in [-0.4, -0.2) is 46.0 Å². The third kappa shape index (κ3) is 5.28. The highest BCUT2D eigenvalue weighted by atomic mass is 35.5. The summed E-state index contributed by atoms with van der Waals surface area (Å²) >= 11 is 5.88. The zero-order valence-electron chi connectivity index (χ0n) is 13.9. The highest BCUT2D eigenvalue weighted by Gasteiger charge is 2.10. The lowest BCUT2D eigenvalue weighted by molar-refractivity contribution is 0.237. The summed E-state index contributed by atoms with van der Waals surface area (Å²) in [5.74, 6) is 0.807. The van der Waals surface area contributed by atoms with Crippen LogP contribution < -0.4 is 10.6 Å². The number of nitrogens with zero attached hydrogens (tertiary/aromatic N) is 5. The zero-order valence-corrected chi connectivity index (χ0v) is 14.6. The number of halogens is 1. The number of hydrogen-bond donors (Lipinski definition) is 2. The number of aromatic nitrogens is 3. The van der Waals surface area contributed by atoms with Gasteiger partial charge in [-0.3, -0.25) is 0 Å². The van der Waals surface area contributed by atoms with Gasteiger partial charge in [0.15, 0.2) is 0 Å². The Hall–Kier alpha value is -2.43. The second-order valence-corrected chi connectivity index (χ2v) is 6.32. The third-order valence-electron chi connectivity index (χ3n) is 4.00. The molecule has 1 fully saturated rings. The van der Waals surface area contributed by atoms with Crippen molar-refractivity contribution in [1.82, 2.24) is 19.9 Å². The van der Waals surface area contributed by atoms with Crippen LogP contribution in [0.15, 0.2) is 24.3 Å². The predicted molar refractivity (Wildman–Crippen MR) is 98.1 cm³/mol. The molecule has 0 atom stereocenters. The number of nitriles is 1. The second-order valence-electron chi connectivity index (χ2n) is 5.88. The molecule has 2 N–H and O–H groups in total. The van der Waals surface area contributed by atoms with Crippen LogP contribution in [0.1, 0.15) is 25.1 Å². The molecule has 3 rings (SSSR count). The Morgan fingerprint density at radius 3 is 2.48 bits per heavy atom. The molecule has 7 nitrogen and oxygen atoms in total. The van der Waals surface area contributed by atoms with Crippen molar-refractivity contribution in [1.29, 1.82) is 5.26 Å². The number of benzene rings is 1. The van der Waals surface area contributed by atoms with Crippen molar-refractivity contribution in [2.24, 2.45) is 0 Å². The minimum Gasteiger partial charge on any atom is -0.353 e. The summed E-state index contributed by atoms with van der Waals surface area (Å²) in [6.45, 7) is 3.96. The molecule has 0 amide bonds. The van der Waals surface area contributed by atoms with Crippen LogP contribution in [0, 0.1) is 11.3 Å². The SMILES string of the molecule is N#Cc1nc(NCCN2CCCCC2)nc(Nc2ccc(Cl)cc2)n1. The van der Waals surface area contributed by atoms with E-state index in [0.29, 0.717) is 16.9 Å². The number of rotatable bonds is 6. The monoisotopic (exact) mass is 357 g/mol. The van der Waals surface area contributed by atoms with Gasteiger partial charge in [-0.1, -0.05) is 18.0 Å². The van der Waals surface area contributed by atoms with Gasteiger partial charge in [0.2, 0.25) is 17.7 Å². The number of nitrogens with one attached hydrogen (secondary N) is 2. The molecule has 1 aromatic heterocycles. The molecule has 8 heteroatoms. The molecule has 0 aliphatic carbocycles. The van der Waals surface area contributed by atoms with Crippen molar-refractivity contribution in [3.8, 4) is 6.07 Å². The Bertz CT molecular complexity index is 736. The summed E-state index contributed by atoms with van der Waals surface area (Å²) in [4.78, 5) is 15.0. The van der Waals surface area contributed by atoms with Crippen LogP contribution in [0.25, 0.3) is 0 Å². The van der Waals surface area contributed by atoms with E-state index in [1.807, 2.05) is 18.2 Å². The molecule has 0 spiro atoms. The van der Waals surface area contributed by atoms with Gasteiger partial charge in [-0.25, -0.2) is 0 Å². The van der Waals surface area contributed by atoms with Crippen LogP contribution in [0.2, 0.25) is 5.02 Å². The van der Waals surface area contributed by atoms with E-state index in [1.54, 1.807) is 12.1 Å². The molecule has 1 saturated heterocycles. The van der Waals surface area contributed by atoms with Gasteiger partial charge < -0.3 is 15.5 Å². The molecule has 1 aliphatic rings. The van der Waals surface area contributed by atoms with Crippen LogP contribution >= 0.6 is 11.6 Å². The van der Waals surface area contributed by atoms with Crippen LogP contribution in [0.3, 0.4) is 0 Å². The summed E-state index contributed by atoms with van der Waals surface area (Å²) in [6, 6.07) is 9.15. The molecule has 0 bridgehead atoms. The fraction of sp³-hybridized carbons (Fsp3) is 0.412. The number of likely N-dealkylation sites (tertiary alicyclic amines) is 1. The summed E-state index contributed by atoms with van der Waals surface area (Å²) < 4.78 is 0. The highest BCUT2D eigenvalue weighted by Crippen LogP contribution is 2.17. The Morgan fingerprint density at radius 2 is 1.76 bits per heavy atom. The minimum atomic E-state index is 0.0759. The van der Waals surface area contributed by atoms with E-state index in [2.05, 4.69) is 30.5 Å². The molecule has 0 unspecified atom stereocenters. The Morgan fingerprint density at radius 1 is 1.04 bits per heavy atom. The average Bonchev–Trinajstić information content (AvgIpc) is 2.64. The summed E-state index contributed by atoms with van der Waals surface area (Å²) in [5.41, 5.74) is 0.791. The molecular weight excluding hydrogens is 338 g/mol. The van der Waals surface area contributed by atoms with Gasteiger partial charge in [-0.05, 0) is 50.2 Å². The molecular formula is C17H20ClN7. The van der Waals surface area contributed by atoms with E-state index < -0.39 is 0 Å². The highest BCUT2D eigenvalue weighted by molar-refractivity contribution is 6.30. The lowest BCUT2D eigenvalue weighted by Crippen LogP contribution is -2.34. The first-order valence-corrected chi connectivity index (χ1v) is 8.76. The Kier molecular flexibility index (Phi) is 5.99. The summed E-state index contributed by atoms with van der Waals surface area (Å²) in [7, 11) is 0. The van der Waals surface area contributed by atoms with E-state index >= 15 is 0 Å². The molecule has 1 aromatic carbocycles. The Balaban J connectivity index is 1.62. The van der Waals surface area contributed by atoms with Crippen molar-refractivity contribution in [2.75, 3.05) is 36.8 Å². The van der Waals surface area contributed by atoms with Crippen LogP contribution in [-0.2, 0) is 0 Å². The number of piperidine rings is 1. The molecule has 0 saturated carbocycles. The maximum Gasteiger partial charge on any atom is 0.238 e. The zero-order chi connectivity index (χ0) is 17.5.